The molecule has 0 N–H and O–H groups in total. The largest absolute Gasteiger partial charge is 0.494 e. The molecule has 0 amide bonds. The summed E-state index contributed by atoms with van der Waals surface area (Å²) in [6.07, 6.45) is 0. The monoisotopic (exact) mass is 3660 g/mol. The van der Waals surface area contributed by atoms with E-state index in [9.17, 15) is 0 Å². The topological polar surface area (TPSA) is 23.4 Å². The predicted molar refractivity (Wildman–Crippen MR) is 875 cm³/mol. The van der Waals surface area contributed by atoms with E-state index in [4.69, 9.17) is 31.7 Å². The number of benzene rings is 3. The van der Waals surface area contributed by atoms with Crippen molar-refractivity contribution in [1.82, 2.24) is 4.57 Å². The Morgan fingerprint density at radius 1 is 0.183 bits per heavy atom. The summed E-state index contributed by atoms with van der Waals surface area (Å²) in [5.74, 6) is 0. The minimum absolute atomic E-state index is 0.343. The zero-order chi connectivity index (χ0) is 92.9. The Balaban J connectivity index is 0.00000106. The van der Waals surface area contributed by atoms with Gasteiger partial charge in [-0.1, -0.05) is 48.5 Å². The van der Waals surface area contributed by atoms with Crippen LogP contribution in [0.25, 0.3) is 27.5 Å². The van der Waals surface area contributed by atoms with Crippen molar-refractivity contribution in [3.63, 3.8) is 0 Å². The number of aromatic nitrogens is 1. The lowest BCUT2D eigenvalue weighted by Crippen LogP contribution is -2.41. The highest BCUT2D eigenvalue weighted by atomic mass is 33.6. The van der Waals surface area contributed by atoms with Crippen molar-refractivity contribution >= 4 is 954 Å². The van der Waals surface area contributed by atoms with Gasteiger partial charge in [-0.15, -0.1) is 0 Å². The van der Waals surface area contributed by atoms with Crippen molar-refractivity contribution in [3.05, 3.63) is 72.8 Å². The number of fused-ring (bicyclic) bond motifs is 3. The summed E-state index contributed by atoms with van der Waals surface area (Å²) in [7, 11) is 182. The number of nitrogens with zero attached hydrogens (tertiary/aromatic N) is 1. The first-order valence-electron chi connectivity index (χ1n) is 26.8. The van der Waals surface area contributed by atoms with Gasteiger partial charge in [0.2, 0.25) is 0 Å². The predicted octanol–water partition coefficient (Wildman–Crippen LogP) is 4.84. The summed E-state index contributed by atoms with van der Waals surface area (Å²) in [5.41, 5.74) is 3.93. The highest BCUT2D eigenvalue weighted by Gasteiger charge is 2.51. The van der Waals surface area contributed by atoms with Gasteiger partial charge in [-0.2, -0.15) is 0 Å². The first-order chi connectivity index (χ1) is 64.8. The lowest BCUT2D eigenvalue weighted by Gasteiger charge is -2.32. The van der Waals surface area contributed by atoms with E-state index in [0.29, 0.717) is 0 Å². The zero-order valence-electron chi connectivity index (χ0n) is 58.8. The summed E-state index contributed by atoms with van der Waals surface area (Å²) in [6.45, 7) is 8.36. The van der Waals surface area contributed by atoms with Crippen LogP contribution in [-0.4, -0.2) is 22.9 Å². The van der Waals surface area contributed by atoms with Crippen molar-refractivity contribution in [2.24, 2.45) is 0 Å². The molecule has 0 radical (unpaired) electrons. The maximum atomic E-state index is 6.27. The minimum Gasteiger partial charge on any atom is -0.399 e. The second-order valence-corrected chi connectivity index (χ2v) is 194. The molecule has 0 spiro atoms. The summed E-state index contributed by atoms with van der Waals surface area (Å²) in [5, 5.41) is 2.45. The Hall–Kier alpha value is 20.1. The normalized spacial score (nSPS) is 10.1. The Bertz CT molecular complexity index is 9780. The Labute approximate surface area is 1050 Å². The maximum absolute atomic E-state index is 6.27. The van der Waals surface area contributed by atoms with Gasteiger partial charge in [-0.05, 0) is 57.4 Å². The third kappa shape index (κ3) is 90.2. The lowest BCUT2D eigenvalue weighted by atomic mass is 9.78. The molecule has 4 aromatic rings. The molecule has 0 aliphatic carbocycles. The van der Waals surface area contributed by atoms with Crippen molar-refractivity contribution in [3.8, 4) is 5.69 Å². The van der Waals surface area contributed by atoms with Crippen molar-refractivity contribution < 1.29 is 9.31 Å². The van der Waals surface area contributed by atoms with Gasteiger partial charge in [0.15, 0.2) is 0 Å². The van der Waals surface area contributed by atoms with Gasteiger partial charge in [0.1, 0.15) is 0 Å². The molecule has 3 nitrogen and oxygen atoms in total. The molecule has 131 heavy (non-hydrogen) atoms. The maximum Gasteiger partial charge on any atom is 0.494 e. The fraction of sp³-hybridized carbons (Fsp3) is 0.250. The Morgan fingerprint density at radius 3 is 0.511 bits per heavy atom. The van der Waals surface area contributed by atoms with E-state index in [0.717, 1.165) is 11.2 Å². The van der Waals surface area contributed by atoms with Crippen LogP contribution in [0.5, 0.6) is 0 Å². The average molecular weight is 3670 g/mol. The molecular formula is C24H24BNO2S103. The molecule has 1 saturated heterocycles. The van der Waals surface area contributed by atoms with E-state index in [1.807, 2.05) is 779 Å². The molecule has 1 aromatic heterocycles. The summed E-state index contributed by atoms with van der Waals surface area (Å²) in [6, 6.07) is 25.6. The fourth-order valence-electron chi connectivity index (χ4n) is 5.09. The second kappa shape index (κ2) is 114. The van der Waals surface area contributed by atoms with Crippen LogP contribution in [-0.2, 0) is 929 Å². The van der Waals surface area contributed by atoms with E-state index in [-0.39, 0.29) is 18.3 Å². The first kappa shape index (κ1) is 143. The average Bonchev–Trinajstić information content (AvgIpc) is 1.59. The SMILES string of the molecule is CC1(C)OB(c2ccc3c(c2)c2ccccc2n3-c2ccccc2)OC1(C)C.S=S=S=S=S=S=S=S=S=S=S=S=S=S=S=S=S=S=S=S=S=S=S=S=S=S=S=S=S=S=S=S=S=S=S=S=S=S=S=S=S=S=S=S=S=S=S=S=S=S=S=S=S=S=S=S=S=S=S=S=S=S=S=S=S=S=S=S=S=S=S=S=S=S=S=S=S=S=S=S=S=S=S=S=S=S=S=S=S=S=S=S=S=S=S=S=S=S=S=S=S=S=S. The number of para-hydroxylation sites is 2. The third-order valence-corrected chi connectivity index (χ3v) is 231. The van der Waals surface area contributed by atoms with Crippen molar-refractivity contribution in [2.75, 3.05) is 0 Å². The van der Waals surface area contributed by atoms with Gasteiger partial charge >= 0.3 is 7.12 Å². The van der Waals surface area contributed by atoms with Crippen molar-refractivity contribution in [1.29, 1.82) is 0 Å². The molecular weight excluding hydrogens is 3650 g/mol. The van der Waals surface area contributed by atoms with Gasteiger partial charge in [0.05, 0.1) is 22.2 Å². The van der Waals surface area contributed by atoms with E-state index in [1.54, 1.807) is 107 Å². The Kier molecular flexibility index (Phi) is 125. The van der Waals surface area contributed by atoms with Gasteiger partial charge in [-0.25, -0.2) is 0 Å². The summed E-state index contributed by atoms with van der Waals surface area (Å²) >= 11 is 9.66. The van der Waals surface area contributed by atoms with Crippen LogP contribution in [0.15, 0.2) is 72.8 Å². The quantitative estimate of drug-likeness (QED) is 0.269. The van der Waals surface area contributed by atoms with Crippen LogP contribution in [0.3, 0.4) is 0 Å². The van der Waals surface area contributed by atoms with Crippen LogP contribution in [0.1, 0.15) is 27.7 Å². The van der Waals surface area contributed by atoms with Gasteiger partial charge in [0.25, 0.3) is 0 Å². The Morgan fingerprint density at radius 2 is 0.336 bits per heavy atom. The molecule has 0 unspecified atom stereocenters. The standard InChI is InChI=1S/C24H24BNO2.S103/c1-23(2)24(3,4)28-25(27-23)17-14-15-22-20(16-17)19-12-8-9-13-21(19)26(22)18-10-6-5-7-11-18;1-3-5-7-9-11-13-15-17-19-21-23-25-27-29-31-33-35-37-39-41-43-45-47-49-51-53-55-57-59-61-63-65-67-69-71-73-75-77-79-81-83-85-87-89-91-93-95-97-99-101-103-102-100-98-96-94-92-90-88-86-84-82-80-78-76-74-72-70-68-66-64-62-60-58-56-54-52-50-48-46-44-42-40-38-36-34-32-30-28-26-24-22-20-18-16-14-12-10-8-6-4-2/h5-16H,1-4H3;. The molecule has 0 bridgehead atoms. The zero-order valence-corrected chi connectivity index (χ0v) is 143. The minimum atomic E-state index is -0.353. The molecule has 0 saturated carbocycles. The molecule has 758 valence electrons. The van der Waals surface area contributed by atoms with Gasteiger partial charge < -0.3 is 13.9 Å². The first-order valence-corrected chi connectivity index (χ1v) is 163. The van der Waals surface area contributed by atoms with Gasteiger partial charge in [0, 0.05) is 936 Å². The highest BCUT2D eigenvalue weighted by molar-refractivity contribution is 8.88. The summed E-state index contributed by atoms with van der Waals surface area (Å²) in [4.78, 5) is 0. The van der Waals surface area contributed by atoms with Crippen LogP contribution >= 0.6 is 0 Å². The fourth-order valence-corrected chi connectivity index (χ4v) is 277. The molecule has 1 aliphatic rings. The number of hydrogen-bond donors (Lipinski definition) is 0. The molecule has 3 aromatic carbocycles. The number of rotatable bonds is 2. The molecule has 0 atom stereocenters. The summed E-state index contributed by atoms with van der Waals surface area (Å²) < 4.78 is 14.9. The molecule has 5 rings (SSSR count). The van der Waals surface area contributed by atoms with Crippen LogP contribution in [0, 0.1) is 0 Å². The second-order valence-electron chi connectivity index (χ2n) is 15.4. The van der Waals surface area contributed by atoms with E-state index in [2.05, 4.69) is 99.0 Å². The van der Waals surface area contributed by atoms with Crippen LogP contribution in [0.2, 0.25) is 0 Å². The molecule has 1 fully saturated rings. The van der Waals surface area contributed by atoms with Crippen LogP contribution in [0.4, 0.5) is 0 Å². The van der Waals surface area contributed by atoms with E-state index < -0.39 is 0 Å². The number of hydrogen-bond acceptors (Lipinski definition) is 4. The van der Waals surface area contributed by atoms with E-state index >= 15 is 0 Å². The smallest absolute Gasteiger partial charge is 0.399 e. The lowest BCUT2D eigenvalue weighted by molar-refractivity contribution is 0.00578. The van der Waals surface area contributed by atoms with Gasteiger partial charge in [-0.3, -0.25) is 0 Å². The van der Waals surface area contributed by atoms with Crippen LogP contribution < -0.4 is 5.46 Å². The molecule has 2 heterocycles. The third-order valence-electron chi connectivity index (χ3n) is 9.01. The molecule has 1 aliphatic heterocycles. The molecule has 107 heteroatoms. The van der Waals surface area contributed by atoms with Crippen molar-refractivity contribution in [2.45, 2.75) is 38.9 Å². The van der Waals surface area contributed by atoms with E-state index in [1.165, 1.54) is 39.6 Å². The highest BCUT2D eigenvalue weighted by Crippen LogP contribution is 2.37.